The molecule has 1 aromatic heterocycles. The maximum atomic E-state index is 10.9. The van der Waals surface area contributed by atoms with Gasteiger partial charge in [-0.3, -0.25) is 10.1 Å². The monoisotopic (exact) mass is 299 g/mol. The molecule has 0 saturated heterocycles. The highest BCUT2D eigenvalue weighted by Gasteiger charge is 2.21. The highest BCUT2D eigenvalue weighted by Crippen LogP contribution is 2.38. The standard InChI is InChI=1S/C13H9N5O4/c19-11-7-8(6-10(12(11)20)18(21)22)13-14-16-17(15-13)9-4-2-1-3-5-9/h1-7,19-20H. The van der Waals surface area contributed by atoms with E-state index >= 15 is 0 Å². The minimum absolute atomic E-state index is 0.0854. The van der Waals surface area contributed by atoms with E-state index in [1.165, 1.54) is 4.80 Å². The second-order valence-electron chi connectivity index (χ2n) is 4.36. The molecule has 22 heavy (non-hydrogen) atoms. The van der Waals surface area contributed by atoms with Crippen molar-refractivity contribution in [3.63, 3.8) is 0 Å². The second kappa shape index (κ2) is 5.13. The van der Waals surface area contributed by atoms with Crippen molar-refractivity contribution in [3.8, 4) is 28.6 Å². The van der Waals surface area contributed by atoms with Gasteiger partial charge in [-0.1, -0.05) is 18.2 Å². The summed E-state index contributed by atoms with van der Waals surface area (Å²) in [5, 5.41) is 41.7. The largest absolute Gasteiger partial charge is 0.504 e. The summed E-state index contributed by atoms with van der Waals surface area (Å²) in [6.07, 6.45) is 0. The van der Waals surface area contributed by atoms with Crippen LogP contribution in [0, 0.1) is 10.1 Å². The highest BCUT2D eigenvalue weighted by atomic mass is 16.6. The molecule has 110 valence electrons. The fourth-order valence-corrected chi connectivity index (χ4v) is 1.87. The topological polar surface area (TPSA) is 127 Å². The lowest BCUT2D eigenvalue weighted by Crippen LogP contribution is -1.98. The van der Waals surface area contributed by atoms with Crippen LogP contribution >= 0.6 is 0 Å². The predicted molar refractivity (Wildman–Crippen MR) is 74.6 cm³/mol. The smallest absolute Gasteiger partial charge is 0.315 e. The Kier molecular flexibility index (Phi) is 3.14. The minimum Gasteiger partial charge on any atom is -0.504 e. The van der Waals surface area contributed by atoms with Gasteiger partial charge in [-0.15, -0.1) is 15.0 Å². The fourth-order valence-electron chi connectivity index (χ4n) is 1.87. The Balaban J connectivity index is 2.06. The number of aromatic nitrogens is 4. The molecule has 3 aromatic rings. The number of phenolic OH excluding ortho intramolecular Hbond substituents is 2. The molecular weight excluding hydrogens is 290 g/mol. The number of aromatic hydroxyl groups is 2. The van der Waals surface area contributed by atoms with E-state index < -0.39 is 22.1 Å². The average molecular weight is 299 g/mol. The number of benzene rings is 2. The van der Waals surface area contributed by atoms with Crippen LogP contribution in [0.15, 0.2) is 42.5 Å². The Hall–Kier alpha value is -3.49. The SMILES string of the molecule is O=[N+]([O-])c1cc(-c2nnn(-c3ccccc3)n2)cc(O)c1O. The van der Waals surface area contributed by atoms with Crippen LogP contribution in [-0.4, -0.2) is 35.3 Å². The van der Waals surface area contributed by atoms with Crippen LogP contribution in [0.2, 0.25) is 0 Å². The maximum absolute atomic E-state index is 10.9. The zero-order chi connectivity index (χ0) is 15.7. The summed E-state index contributed by atoms with van der Waals surface area (Å²) in [4.78, 5) is 11.3. The molecule has 0 unspecified atom stereocenters. The molecule has 0 amide bonds. The Morgan fingerprint density at radius 3 is 2.55 bits per heavy atom. The summed E-state index contributed by atoms with van der Waals surface area (Å²) >= 11 is 0. The molecule has 9 heteroatoms. The molecule has 1 heterocycles. The van der Waals surface area contributed by atoms with Crippen LogP contribution in [0.25, 0.3) is 17.1 Å². The Morgan fingerprint density at radius 1 is 1.14 bits per heavy atom. The third-order valence-corrected chi connectivity index (χ3v) is 2.93. The normalized spacial score (nSPS) is 10.5. The molecule has 0 fully saturated rings. The van der Waals surface area contributed by atoms with Crippen LogP contribution in [0.1, 0.15) is 0 Å². The number of nitro benzene ring substituents is 1. The minimum atomic E-state index is -0.805. The van der Waals surface area contributed by atoms with Crippen molar-refractivity contribution >= 4 is 5.69 Å². The quantitative estimate of drug-likeness (QED) is 0.427. The first-order valence-corrected chi connectivity index (χ1v) is 6.12. The van der Waals surface area contributed by atoms with Crippen molar-refractivity contribution in [2.45, 2.75) is 0 Å². The average Bonchev–Trinajstić information content (AvgIpc) is 3.00. The van der Waals surface area contributed by atoms with Gasteiger partial charge in [0.15, 0.2) is 5.75 Å². The van der Waals surface area contributed by atoms with Gasteiger partial charge < -0.3 is 10.2 Å². The summed E-state index contributed by atoms with van der Waals surface area (Å²) in [5.41, 5.74) is 0.203. The van der Waals surface area contributed by atoms with Crippen LogP contribution in [0.3, 0.4) is 0 Å². The van der Waals surface area contributed by atoms with Crippen LogP contribution in [0.5, 0.6) is 11.5 Å². The van der Waals surface area contributed by atoms with Gasteiger partial charge in [-0.25, -0.2) is 0 Å². The molecule has 2 N–H and O–H groups in total. The molecule has 0 saturated carbocycles. The number of para-hydroxylation sites is 1. The number of nitro groups is 1. The molecule has 3 rings (SSSR count). The number of hydrogen-bond acceptors (Lipinski definition) is 7. The molecule has 0 aliphatic rings. The van der Waals surface area contributed by atoms with Gasteiger partial charge in [0.2, 0.25) is 11.6 Å². The zero-order valence-corrected chi connectivity index (χ0v) is 11.0. The third-order valence-electron chi connectivity index (χ3n) is 2.93. The summed E-state index contributed by atoms with van der Waals surface area (Å²) in [7, 11) is 0. The van der Waals surface area contributed by atoms with E-state index in [1.54, 1.807) is 24.3 Å². The van der Waals surface area contributed by atoms with Crippen molar-refractivity contribution in [2.75, 3.05) is 0 Å². The predicted octanol–water partition coefficient (Wildman–Crippen LogP) is 1.65. The highest BCUT2D eigenvalue weighted by molar-refractivity contribution is 5.68. The zero-order valence-electron chi connectivity index (χ0n) is 11.0. The van der Waals surface area contributed by atoms with Gasteiger partial charge in [0.25, 0.3) is 0 Å². The Morgan fingerprint density at radius 2 is 1.86 bits per heavy atom. The summed E-state index contributed by atoms with van der Waals surface area (Å²) in [5.74, 6) is -1.34. The molecule has 0 bridgehead atoms. The summed E-state index contributed by atoms with van der Waals surface area (Å²) < 4.78 is 0. The van der Waals surface area contributed by atoms with E-state index in [1.807, 2.05) is 6.07 Å². The summed E-state index contributed by atoms with van der Waals surface area (Å²) in [6, 6.07) is 11.2. The van der Waals surface area contributed by atoms with Gasteiger partial charge in [0, 0.05) is 11.6 Å². The van der Waals surface area contributed by atoms with Crippen molar-refractivity contribution in [1.29, 1.82) is 0 Å². The third kappa shape index (κ3) is 2.30. The van der Waals surface area contributed by atoms with Gasteiger partial charge in [-0.2, -0.15) is 0 Å². The lowest BCUT2D eigenvalue weighted by atomic mass is 10.1. The van der Waals surface area contributed by atoms with Crippen LogP contribution < -0.4 is 0 Å². The summed E-state index contributed by atoms with van der Waals surface area (Å²) in [6.45, 7) is 0. The molecule has 2 aromatic carbocycles. The van der Waals surface area contributed by atoms with Crippen molar-refractivity contribution in [2.24, 2.45) is 0 Å². The maximum Gasteiger partial charge on any atom is 0.315 e. The lowest BCUT2D eigenvalue weighted by molar-refractivity contribution is -0.385. The lowest BCUT2D eigenvalue weighted by Gasteiger charge is -2.01. The number of tetrazole rings is 1. The van der Waals surface area contributed by atoms with E-state index in [0.717, 1.165) is 12.1 Å². The van der Waals surface area contributed by atoms with Crippen molar-refractivity contribution < 1.29 is 15.1 Å². The number of nitrogens with zero attached hydrogens (tertiary/aromatic N) is 5. The molecular formula is C13H9N5O4. The van der Waals surface area contributed by atoms with Crippen molar-refractivity contribution in [3.05, 3.63) is 52.6 Å². The van der Waals surface area contributed by atoms with Crippen LogP contribution in [0.4, 0.5) is 5.69 Å². The first-order valence-electron chi connectivity index (χ1n) is 6.12. The van der Waals surface area contributed by atoms with Crippen molar-refractivity contribution in [1.82, 2.24) is 20.2 Å². The van der Waals surface area contributed by atoms with E-state index in [0.29, 0.717) is 5.69 Å². The molecule has 0 spiro atoms. The van der Waals surface area contributed by atoms with E-state index in [4.69, 9.17) is 0 Å². The molecule has 0 aliphatic heterocycles. The molecule has 9 nitrogen and oxygen atoms in total. The van der Waals surface area contributed by atoms with Gasteiger partial charge in [0.1, 0.15) is 0 Å². The van der Waals surface area contributed by atoms with E-state index in [9.17, 15) is 20.3 Å². The Labute approximate surface area is 123 Å². The second-order valence-corrected chi connectivity index (χ2v) is 4.36. The molecule has 0 atom stereocenters. The number of hydrogen-bond donors (Lipinski definition) is 2. The molecule has 0 aliphatic carbocycles. The first-order chi connectivity index (χ1) is 10.6. The number of rotatable bonds is 3. The fraction of sp³-hybridized carbons (Fsp3) is 0. The van der Waals surface area contributed by atoms with Gasteiger partial charge in [-0.05, 0) is 23.4 Å². The molecule has 0 radical (unpaired) electrons. The van der Waals surface area contributed by atoms with Gasteiger partial charge >= 0.3 is 5.69 Å². The number of phenols is 2. The Bertz CT molecular complexity index is 847. The van der Waals surface area contributed by atoms with E-state index in [2.05, 4.69) is 15.4 Å². The van der Waals surface area contributed by atoms with E-state index in [-0.39, 0.29) is 11.4 Å². The first kappa shape index (κ1) is 13.5. The van der Waals surface area contributed by atoms with Gasteiger partial charge in [0.05, 0.1) is 10.6 Å². The van der Waals surface area contributed by atoms with Crippen LogP contribution in [-0.2, 0) is 0 Å².